The van der Waals surface area contributed by atoms with Crippen molar-refractivity contribution in [2.24, 2.45) is 5.92 Å². The molecule has 116 valence electrons. The molecule has 3 N–H and O–H groups in total. The predicted molar refractivity (Wildman–Crippen MR) is 79.7 cm³/mol. The molecule has 3 rings (SSSR count). The SMILES string of the molecule is O=C(NCC1CCCC1O)c1cn[nH]c1-c1ccc(F)cc1. The molecule has 0 bridgehead atoms. The minimum atomic E-state index is -0.332. The number of aliphatic hydroxyl groups is 1. The highest BCUT2D eigenvalue weighted by atomic mass is 19.1. The number of amides is 1. The summed E-state index contributed by atoms with van der Waals surface area (Å²) in [4.78, 5) is 12.3. The fourth-order valence-electron chi connectivity index (χ4n) is 2.87. The van der Waals surface area contributed by atoms with Crippen LogP contribution in [0.2, 0.25) is 0 Å². The molecule has 0 spiro atoms. The second-order valence-electron chi connectivity index (χ2n) is 5.63. The zero-order valence-electron chi connectivity index (χ0n) is 12.1. The molecule has 1 amide bonds. The molecule has 2 aromatic rings. The average Bonchev–Trinajstić information content (AvgIpc) is 3.15. The summed E-state index contributed by atoms with van der Waals surface area (Å²) in [6.45, 7) is 0.452. The van der Waals surface area contributed by atoms with Crippen LogP contribution in [-0.4, -0.2) is 33.9 Å². The number of carbonyl (C=O) groups is 1. The van der Waals surface area contributed by atoms with Crippen molar-refractivity contribution >= 4 is 5.91 Å². The fourth-order valence-corrected chi connectivity index (χ4v) is 2.87. The molecule has 6 heteroatoms. The highest BCUT2D eigenvalue weighted by Crippen LogP contribution is 2.25. The maximum absolute atomic E-state index is 13.0. The zero-order chi connectivity index (χ0) is 15.5. The molecule has 1 saturated carbocycles. The highest BCUT2D eigenvalue weighted by Gasteiger charge is 2.26. The third kappa shape index (κ3) is 3.01. The number of rotatable bonds is 4. The van der Waals surface area contributed by atoms with E-state index in [1.807, 2.05) is 0 Å². The Labute approximate surface area is 127 Å². The van der Waals surface area contributed by atoms with E-state index in [4.69, 9.17) is 0 Å². The van der Waals surface area contributed by atoms with Crippen molar-refractivity contribution in [2.45, 2.75) is 25.4 Å². The lowest BCUT2D eigenvalue weighted by Gasteiger charge is -2.15. The van der Waals surface area contributed by atoms with Gasteiger partial charge in [-0.15, -0.1) is 0 Å². The number of aromatic amines is 1. The molecule has 2 unspecified atom stereocenters. The number of aromatic nitrogens is 2. The summed E-state index contributed by atoms with van der Waals surface area (Å²) in [5.74, 6) is -0.457. The molecule has 1 aromatic carbocycles. The Balaban J connectivity index is 1.71. The van der Waals surface area contributed by atoms with Crippen LogP contribution in [0.1, 0.15) is 29.6 Å². The Morgan fingerprint density at radius 2 is 2.14 bits per heavy atom. The summed E-state index contributed by atoms with van der Waals surface area (Å²) < 4.78 is 13.0. The molecular formula is C16H18FN3O2. The van der Waals surface area contributed by atoms with Gasteiger partial charge in [-0.25, -0.2) is 4.39 Å². The Morgan fingerprint density at radius 1 is 1.36 bits per heavy atom. The molecule has 0 aliphatic heterocycles. The maximum Gasteiger partial charge on any atom is 0.255 e. The molecular weight excluding hydrogens is 285 g/mol. The van der Waals surface area contributed by atoms with Crippen molar-refractivity contribution in [3.05, 3.63) is 41.8 Å². The monoisotopic (exact) mass is 303 g/mol. The van der Waals surface area contributed by atoms with E-state index < -0.39 is 0 Å². The van der Waals surface area contributed by atoms with Crippen LogP contribution in [0.3, 0.4) is 0 Å². The number of nitrogens with zero attached hydrogens (tertiary/aromatic N) is 1. The Morgan fingerprint density at radius 3 is 2.82 bits per heavy atom. The summed E-state index contributed by atoms with van der Waals surface area (Å²) >= 11 is 0. The van der Waals surface area contributed by atoms with Gasteiger partial charge in [0.2, 0.25) is 0 Å². The molecule has 1 heterocycles. The molecule has 0 radical (unpaired) electrons. The van der Waals surface area contributed by atoms with E-state index in [2.05, 4.69) is 15.5 Å². The number of halogens is 1. The van der Waals surface area contributed by atoms with Crippen LogP contribution in [0.4, 0.5) is 4.39 Å². The molecule has 2 atom stereocenters. The second kappa shape index (κ2) is 6.27. The number of benzene rings is 1. The Bertz CT molecular complexity index is 654. The van der Waals surface area contributed by atoms with Gasteiger partial charge in [0.1, 0.15) is 5.82 Å². The number of hydrogen-bond donors (Lipinski definition) is 3. The topological polar surface area (TPSA) is 78.0 Å². The predicted octanol–water partition coefficient (Wildman–Crippen LogP) is 2.11. The van der Waals surface area contributed by atoms with Crippen molar-refractivity contribution < 1.29 is 14.3 Å². The molecule has 1 aliphatic carbocycles. The lowest BCUT2D eigenvalue weighted by Crippen LogP contribution is -2.32. The van der Waals surface area contributed by atoms with Crippen molar-refractivity contribution in [1.29, 1.82) is 0 Å². The maximum atomic E-state index is 13.0. The van der Waals surface area contributed by atoms with Crippen molar-refractivity contribution in [2.75, 3.05) is 6.54 Å². The van der Waals surface area contributed by atoms with Crippen molar-refractivity contribution in [3.8, 4) is 11.3 Å². The van der Waals surface area contributed by atoms with Gasteiger partial charge in [-0.1, -0.05) is 6.42 Å². The third-order valence-electron chi connectivity index (χ3n) is 4.16. The lowest BCUT2D eigenvalue weighted by atomic mass is 10.1. The molecule has 22 heavy (non-hydrogen) atoms. The van der Waals surface area contributed by atoms with Gasteiger partial charge in [-0.3, -0.25) is 9.89 Å². The Kier molecular flexibility index (Phi) is 4.20. The molecule has 5 nitrogen and oxygen atoms in total. The number of aliphatic hydroxyl groups excluding tert-OH is 1. The summed E-state index contributed by atoms with van der Waals surface area (Å²) in [6, 6.07) is 5.88. The van der Waals surface area contributed by atoms with Gasteiger partial charge >= 0.3 is 0 Å². The first-order valence-corrected chi connectivity index (χ1v) is 7.40. The quantitative estimate of drug-likeness (QED) is 0.809. The number of hydrogen-bond acceptors (Lipinski definition) is 3. The van der Waals surface area contributed by atoms with Crippen LogP contribution in [0.15, 0.2) is 30.5 Å². The number of H-pyrrole nitrogens is 1. The van der Waals surface area contributed by atoms with Gasteiger partial charge in [0, 0.05) is 18.0 Å². The highest BCUT2D eigenvalue weighted by molar-refractivity contribution is 5.99. The first-order valence-electron chi connectivity index (χ1n) is 7.40. The van der Waals surface area contributed by atoms with Crippen molar-refractivity contribution in [3.63, 3.8) is 0 Å². The van der Waals surface area contributed by atoms with Crippen LogP contribution < -0.4 is 5.32 Å². The molecule has 1 aliphatic rings. The fraction of sp³-hybridized carbons (Fsp3) is 0.375. The molecule has 1 aromatic heterocycles. The zero-order valence-corrected chi connectivity index (χ0v) is 12.1. The van der Waals surface area contributed by atoms with E-state index in [-0.39, 0.29) is 23.7 Å². The van der Waals surface area contributed by atoms with E-state index in [1.165, 1.54) is 18.3 Å². The van der Waals surface area contributed by atoms with Crippen LogP contribution in [-0.2, 0) is 0 Å². The standard InChI is InChI=1S/C16H18FN3O2/c17-12-6-4-10(5-7-12)15-13(9-19-20-15)16(22)18-8-11-2-1-3-14(11)21/h4-7,9,11,14,21H,1-3,8H2,(H,18,22)(H,19,20). The van der Waals surface area contributed by atoms with E-state index in [0.717, 1.165) is 19.3 Å². The molecule has 0 saturated heterocycles. The van der Waals surface area contributed by atoms with E-state index in [0.29, 0.717) is 23.4 Å². The molecule has 1 fully saturated rings. The van der Waals surface area contributed by atoms with E-state index in [1.54, 1.807) is 12.1 Å². The van der Waals surface area contributed by atoms with Crippen LogP contribution in [0.5, 0.6) is 0 Å². The largest absolute Gasteiger partial charge is 0.393 e. The lowest BCUT2D eigenvalue weighted by molar-refractivity contribution is 0.0917. The van der Waals surface area contributed by atoms with E-state index >= 15 is 0 Å². The van der Waals surface area contributed by atoms with Gasteiger partial charge in [0.05, 0.1) is 23.6 Å². The van der Waals surface area contributed by atoms with Crippen molar-refractivity contribution in [1.82, 2.24) is 15.5 Å². The van der Waals surface area contributed by atoms with Gasteiger partial charge in [0.25, 0.3) is 5.91 Å². The van der Waals surface area contributed by atoms with Gasteiger partial charge < -0.3 is 10.4 Å². The number of carbonyl (C=O) groups excluding carboxylic acids is 1. The van der Waals surface area contributed by atoms with Crippen LogP contribution in [0, 0.1) is 11.7 Å². The summed E-state index contributed by atoms with van der Waals surface area (Å²) in [5, 5.41) is 19.3. The number of nitrogens with one attached hydrogen (secondary N) is 2. The summed E-state index contributed by atoms with van der Waals surface area (Å²) in [5.41, 5.74) is 1.67. The third-order valence-corrected chi connectivity index (χ3v) is 4.16. The van der Waals surface area contributed by atoms with Gasteiger partial charge in [0.15, 0.2) is 0 Å². The second-order valence-corrected chi connectivity index (χ2v) is 5.63. The smallest absolute Gasteiger partial charge is 0.255 e. The van der Waals surface area contributed by atoms with E-state index in [9.17, 15) is 14.3 Å². The minimum Gasteiger partial charge on any atom is -0.393 e. The first kappa shape index (κ1) is 14.7. The van der Waals surface area contributed by atoms with Crippen LogP contribution in [0.25, 0.3) is 11.3 Å². The first-order chi connectivity index (χ1) is 10.6. The average molecular weight is 303 g/mol. The summed E-state index contributed by atoms with van der Waals surface area (Å²) in [7, 11) is 0. The Hall–Kier alpha value is -2.21. The summed E-state index contributed by atoms with van der Waals surface area (Å²) in [6.07, 6.45) is 3.85. The van der Waals surface area contributed by atoms with Gasteiger partial charge in [-0.05, 0) is 37.1 Å². The normalized spacial score (nSPS) is 21.0. The van der Waals surface area contributed by atoms with Gasteiger partial charge in [-0.2, -0.15) is 5.10 Å². The van der Waals surface area contributed by atoms with Crippen LogP contribution >= 0.6 is 0 Å². The minimum absolute atomic E-state index is 0.116.